The number of nitrogens with one attached hydrogen (secondary N) is 1. The Kier molecular flexibility index (Phi) is 3.93. The molecule has 0 saturated carbocycles. The van der Waals surface area contributed by atoms with Crippen LogP contribution >= 0.6 is 0 Å². The van der Waals surface area contributed by atoms with E-state index >= 15 is 0 Å². The lowest BCUT2D eigenvalue weighted by atomic mass is 9.98. The second kappa shape index (κ2) is 6.19. The number of nitrogens with zero attached hydrogens (tertiary/aromatic N) is 2. The minimum absolute atomic E-state index is 0.00898. The molecule has 2 N–H and O–H groups in total. The highest BCUT2D eigenvalue weighted by Gasteiger charge is 2.14. The van der Waals surface area contributed by atoms with Crippen LogP contribution < -0.4 is 5.32 Å². The molecule has 1 aromatic heterocycles. The largest absolute Gasteiger partial charge is 0.508 e. The Hall–Kier alpha value is -2.66. The van der Waals surface area contributed by atoms with Crippen molar-refractivity contribution >= 4 is 0 Å². The summed E-state index contributed by atoms with van der Waals surface area (Å²) in [7, 11) is 0. The number of benzene rings is 2. The van der Waals surface area contributed by atoms with Crippen LogP contribution in [0.1, 0.15) is 23.0 Å². The van der Waals surface area contributed by atoms with E-state index in [1.807, 2.05) is 30.3 Å². The fourth-order valence-electron chi connectivity index (χ4n) is 2.20. The smallest absolute Gasteiger partial charge is 0.213 e. The van der Waals surface area contributed by atoms with Gasteiger partial charge in [0.25, 0.3) is 0 Å². The summed E-state index contributed by atoms with van der Waals surface area (Å²) in [6.45, 7) is 0.497. The third-order valence-corrected chi connectivity index (χ3v) is 3.23. The molecule has 0 fully saturated rings. The van der Waals surface area contributed by atoms with E-state index in [1.165, 1.54) is 6.39 Å². The Morgan fingerprint density at radius 3 is 2.38 bits per heavy atom. The first-order valence-corrected chi connectivity index (χ1v) is 6.65. The Morgan fingerprint density at radius 1 is 1.00 bits per heavy atom. The van der Waals surface area contributed by atoms with Gasteiger partial charge in [0.05, 0.1) is 12.6 Å². The molecule has 0 aliphatic heterocycles. The molecule has 1 heterocycles. The molecule has 3 aromatic rings. The van der Waals surface area contributed by atoms with Crippen molar-refractivity contribution in [3.05, 3.63) is 77.9 Å². The van der Waals surface area contributed by atoms with E-state index in [9.17, 15) is 5.11 Å². The van der Waals surface area contributed by atoms with Gasteiger partial charge in [-0.05, 0) is 23.3 Å². The summed E-state index contributed by atoms with van der Waals surface area (Å²) in [5.41, 5.74) is 2.19. The Labute approximate surface area is 122 Å². The number of hydrogen-bond acceptors (Lipinski definition) is 5. The van der Waals surface area contributed by atoms with Crippen LogP contribution in [0.2, 0.25) is 0 Å². The molecule has 21 heavy (non-hydrogen) atoms. The van der Waals surface area contributed by atoms with E-state index in [0.717, 1.165) is 11.1 Å². The van der Waals surface area contributed by atoms with Crippen LogP contribution in [0.15, 0.2) is 65.5 Å². The van der Waals surface area contributed by atoms with Crippen LogP contribution in [-0.2, 0) is 6.54 Å². The molecule has 1 unspecified atom stereocenters. The fourth-order valence-corrected chi connectivity index (χ4v) is 2.20. The van der Waals surface area contributed by atoms with Gasteiger partial charge >= 0.3 is 0 Å². The zero-order valence-electron chi connectivity index (χ0n) is 11.3. The molecule has 0 amide bonds. The second-order valence-electron chi connectivity index (χ2n) is 4.66. The lowest BCUT2D eigenvalue weighted by molar-refractivity contribution is 0.406. The van der Waals surface area contributed by atoms with Gasteiger partial charge in [0.1, 0.15) is 5.75 Å². The molecule has 0 radical (unpaired) electrons. The Bertz CT molecular complexity index is 667. The maximum absolute atomic E-state index is 9.44. The summed E-state index contributed by atoms with van der Waals surface area (Å²) in [4.78, 5) is 4.01. The minimum Gasteiger partial charge on any atom is -0.508 e. The zero-order valence-corrected chi connectivity index (χ0v) is 11.3. The van der Waals surface area contributed by atoms with Crippen LogP contribution in [-0.4, -0.2) is 15.2 Å². The summed E-state index contributed by atoms with van der Waals surface area (Å²) in [6.07, 6.45) is 1.31. The molecule has 0 aliphatic rings. The summed E-state index contributed by atoms with van der Waals surface area (Å²) >= 11 is 0. The molecule has 2 aromatic carbocycles. The van der Waals surface area contributed by atoms with Crippen molar-refractivity contribution in [2.45, 2.75) is 12.6 Å². The van der Waals surface area contributed by atoms with E-state index < -0.39 is 0 Å². The van der Waals surface area contributed by atoms with Crippen molar-refractivity contribution < 1.29 is 9.63 Å². The van der Waals surface area contributed by atoms with Gasteiger partial charge in [-0.2, -0.15) is 4.98 Å². The van der Waals surface area contributed by atoms with Gasteiger partial charge < -0.3 is 9.63 Å². The monoisotopic (exact) mass is 281 g/mol. The first-order valence-electron chi connectivity index (χ1n) is 6.65. The third-order valence-electron chi connectivity index (χ3n) is 3.23. The average molecular weight is 281 g/mol. The van der Waals surface area contributed by atoms with Crippen molar-refractivity contribution in [3.8, 4) is 5.75 Å². The number of aromatic hydroxyl groups is 1. The molecule has 0 saturated heterocycles. The van der Waals surface area contributed by atoms with Gasteiger partial charge in [-0.1, -0.05) is 47.6 Å². The van der Waals surface area contributed by atoms with Crippen molar-refractivity contribution in [1.29, 1.82) is 0 Å². The maximum Gasteiger partial charge on any atom is 0.213 e. The molecule has 5 heteroatoms. The predicted molar refractivity (Wildman–Crippen MR) is 77.5 cm³/mol. The topological polar surface area (TPSA) is 71.2 Å². The van der Waals surface area contributed by atoms with Crippen molar-refractivity contribution in [3.63, 3.8) is 0 Å². The number of hydrogen-bond donors (Lipinski definition) is 2. The number of rotatable bonds is 5. The minimum atomic E-state index is -0.00898. The lowest BCUT2D eigenvalue weighted by Crippen LogP contribution is -2.22. The average Bonchev–Trinajstić information content (AvgIpc) is 3.04. The zero-order chi connectivity index (χ0) is 14.5. The van der Waals surface area contributed by atoms with Gasteiger partial charge in [-0.15, -0.1) is 0 Å². The first kappa shape index (κ1) is 13.3. The van der Waals surface area contributed by atoms with Crippen molar-refractivity contribution in [2.24, 2.45) is 0 Å². The van der Waals surface area contributed by atoms with Gasteiger partial charge in [0.15, 0.2) is 5.82 Å². The van der Waals surface area contributed by atoms with Crippen LogP contribution in [0.3, 0.4) is 0 Å². The van der Waals surface area contributed by atoms with Crippen molar-refractivity contribution in [2.75, 3.05) is 0 Å². The highest BCUT2D eigenvalue weighted by Crippen LogP contribution is 2.24. The van der Waals surface area contributed by atoms with Crippen molar-refractivity contribution in [1.82, 2.24) is 15.5 Å². The standard InChI is InChI=1S/C16H15N3O2/c20-14-8-6-13(7-9-14)16(12-4-2-1-3-5-12)17-10-15-18-11-21-19-15/h1-9,11,16-17,20H,10H2. The van der Waals surface area contributed by atoms with E-state index in [1.54, 1.807) is 12.1 Å². The van der Waals surface area contributed by atoms with Gasteiger partial charge in [-0.25, -0.2) is 0 Å². The molecule has 3 rings (SSSR count). The third kappa shape index (κ3) is 3.27. The first-order chi connectivity index (χ1) is 10.3. The van der Waals surface area contributed by atoms with Gasteiger partial charge in [-0.3, -0.25) is 5.32 Å². The molecular formula is C16H15N3O2. The summed E-state index contributed by atoms with van der Waals surface area (Å²) in [6, 6.07) is 17.2. The van der Waals surface area contributed by atoms with E-state index in [-0.39, 0.29) is 11.8 Å². The van der Waals surface area contributed by atoms with E-state index in [0.29, 0.717) is 12.4 Å². The van der Waals surface area contributed by atoms with E-state index in [4.69, 9.17) is 4.52 Å². The summed E-state index contributed by atoms with van der Waals surface area (Å²) in [5, 5.41) is 16.6. The molecule has 0 bridgehead atoms. The molecule has 0 spiro atoms. The van der Waals surface area contributed by atoms with Crippen LogP contribution in [0.25, 0.3) is 0 Å². The maximum atomic E-state index is 9.44. The molecule has 5 nitrogen and oxygen atoms in total. The highest BCUT2D eigenvalue weighted by molar-refractivity contribution is 5.34. The number of phenolic OH excluding ortho intramolecular Hbond substituents is 1. The molecule has 106 valence electrons. The SMILES string of the molecule is Oc1ccc(C(NCc2ncon2)c2ccccc2)cc1. The number of phenols is 1. The number of aromatic nitrogens is 2. The fraction of sp³-hybridized carbons (Fsp3) is 0.125. The quantitative estimate of drug-likeness (QED) is 0.752. The second-order valence-corrected chi connectivity index (χ2v) is 4.66. The van der Waals surface area contributed by atoms with Gasteiger partial charge in [0.2, 0.25) is 6.39 Å². The predicted octanol–water partition coefficient (Wildman–Crippen LogP) is 2.65. The summed E-state index contributed by atoms with van der Waals surface area (Å²) < 4.78 is 4.74. The highest BCUT2D eigenvalue weighted by atomic mass is 16.5. The molecule has 1 atom stereocenters. The Balaban J connectivity index is 1.85. The summed E-state index contributed by atoms with van der Waals surface area (Å²) in [5.74, 6) is 0.860. The molecular weight excluding hydrogens is 266 g/mol. The van der Waals surface area contributed by atoms with E-state index in [2.05, 4.69) is 27.6 Å². The lowest BCUT2D eigenvalue weighted by Gasteiger charge is -2.19. The van der Waals surface area contributed by atoms with Gasteiger partial charge in [0, 0.05) is 0 Å². The van der Waals surface area contributed by atoms with Crippen LogP contribution in [0.4, 0.5) is 0 Å². The Morgan fingerprint density at radius 2 is 1.71 bits per heavy atom. The normalized spacial score (nSPS) is 12.2. The molecule has 0 aliphatic carbocycles. The van der Waals surface area contributed by atoms with Crippen LogP contribution in [0, 0.1) is 0 Å². The van der Waals surface area contributed by atoms with Crippen LogP contribution in [0.5, 0.6) is 5.75 Å².